The molecule has 0 radical (unpaired) electrons. The van der Waals surface area contributed by atoms with Gasteiger partial charge in [-0.2, -0.15) is 0 Å². The van der Waals surface area contributed by atoms with Gasteiger partial charge in [-0.25, -0.2) is 9.78 Å². The highest BCUT2D eigenvalue weighted by molar-refractivity contribution is 5.85. The lowest BCUT2D eigenvalue weighted by molar-refractivity contribution is -0.131. The molecule has 0 saturated heterocycles. The molecule has 2 N–H and O–H groups in total. The zero-order valence-corrected chi connectivity index (χ0v) is 10.8. The van der Waals surface area contributed by atoms with E-state index in [-0.39, 0.29) is 5.75 Å². The van der Waals surface area contributed by atoms with E-state index in [1.54, 1.807) is 18.2 Å². The molecule has 0 aliphatic carbocycles. The van der Waals surface area contributed by atoms with E-state index in [1.807, 2.05) is 13.0 Å². The van der Waals surface area contributed by atoms with Crippen molar-refractivity contribution in [2.75, 3.05) is 0 Å². The average molecular weight is 271 g/mol. The zero-order valence-electron chi connectivity index (χ0n) is 10.8. The minimum Gasteiger partial charge on any atom is -0.506 e. The van der Waals surface area contributed by atoms with E-state index in [1.165, 1.54) is 18.3 Å². The van der Waals surface area contributed by atoms with Crippen molar-refractivity contribution in [3.05, 3.63) is 53.7 Å². The lowest BCUT2D eigenvalue weighted by Crippen LogP contribution is -1.91. The van der Waals surface area contributed by atoms with Gasteiger partial charge in [0, 0.05) is 12.1 Å². The number of aromatic hydroxyl groups is 1. The Labute approximate surface area is 115 Å². The number of carbonyl (C=O) groups is 1. The Balaban J connectivity index is 2.17. The fraction of sp³-hybridized carbons (Fsp3) is 0.0667. The predicted octanol–water partition coefficient (Wildman–Crippen LogP) is 2.99. The Morgan fingerprint density at radius 1 is 1.30 bits per heavy atom. The molecule has 20 heavy (non-hydrogen) atoms. The van der Waals surface area contributed by atoms with Gasteiger partial charge in [0.05, 0.1) is 6.20 Å². The molecular weight excluding hydrogens is 258 g/mol. The summed E-state index contributed by atoms with van der Waals surface area (Å²) >= 11 is 0. The first-order chi connectivity index (χ1) is 9.54. The maximum atomic E-state index is 10.5. The normalized spacial score (nSPS) is 10.7. The number of carboxylic acid groups (broad SMARTS) is 1. The topological polar surface area (TPSA) is 79.7 Å². The molecule has 5 heteroatoms. The number of aromatic nitrogens is 1. The number of hydrogen-bond donors (Lipinski definition) is 2. The van der Waals surface area contributed by atoms with Crippen LogP contribution in [0.4, 0.5) is 0 Å². The smallest absolute Gasteiger partial charge is 0.328 e. The van der Waals surface area contributed by atoms with Crippen LogP contribution in [0.15, 0.2) is 42.6 Å². The van der Waals surface area contributed by atoms with Gasteiger partial charge in [-0.05, 0) is 42.3 Å². The lowest BCUT2D eigenvalue weighted by atomic mass is 10.1. The molecule has 102 valence electrons. The van der Waals surface area contributed by atoms with Gasteiger partial charge in [0.2, 0.25) is 5.88 Å². The van der Waals surface area contributed by atoms with Gasteiger partial charge in [-0.15, -0.1) is 0 Å². The van der Waals surface area contributed by atoms with E-state index in [0.717, 1.165) is 17.2 Å². The van der Waals surface area contributed by atoms with Crippen molar-refractivity contribution in [3.8, 4) is 17.4 Å². The molecule has 2 aromatic rings. The molecule has 0 saturated carbocycles. The quantitative estimate of drug-likeness (QED) is 0.836. The van der Waals surface area contributed by atoms with Crippen molar-refractivity contribution in [3.63, 3.8) is 0 Å². The first kappa shape index (κ1) is 13.6. The molecule has 2 rings (SSSR count). The summed E-state index contributed by atoms with van der Waals surface area (Å²) in [6.07, 6.45) is 3.89. The van der Waals surface area contributed by atoms with Crippen LogP contribution in [0.3, 0.4) is 0 Å². The van der Waals surface area contributed by atoms with E-state index in [4.69, 9.17) is 14.9 Å². The molecule has 0 aliphatic rings. The molecule has 0 unspecified atom stereocenters. The Morgan fingerprint density at radius 3 is 2.70 bits per heavy atom. The summed E-state index contributed by atoms with van der Waals surface area (Å²) in [5.41, 5.74) is 1.63. The van der Waals surface area contributed by atoms with Gasteiger partial charge in [-0.1, -0.05) is 6.07 Å². The van der Waals surface area contributed by atoms with Crippen LogP contribution >= 0.6 is 0 Å². The van der Waals surface area contributed by atoms with Gasteiger partial charge >= 0.3 is 5.97 Å². The first-order valence-electron chi connectivity index (χ1n) is 5.89. The van der Waals surface area contributed by atoms with Gasteiger partial charge in [0.15, 0.2) is 0 Å². The van der Waals surface area contributed by atoms with Crippen LogP contribution in [-0.2, 0) is 4.79 Å². The predicted molar refractivity (Wildman–Crippen MR) is 73.8 cm³/mol. The number of hydrogen-bond acceptors (Lipinski definition) is 4. The number of aryl methyl sites for hydroxylation is 1. The molecule has 1 heterocycles. The average Bonchev–Trinajstić information content (AvgIpc) is 2.41. The number of nitrogens with zero attached hydrogens (tertiary/aromatic N) is 1. The van der Waals surface area contributed by atoms with E-state index >= 15 is 0 Å². The summed E-state index contributed by atoms with van der Waals surface area (Å²) in [7, 11) is 0. The molecule has 0 amide bonds. The van der Waals surface area contributed by atoms with Crippen molar-refractivity contribution >= 4 is 12.0 Å². The number of pyridine rings is 1. The molecular formula is C15H13NO4. The van der Waals surface area contributed by atoms with Crippen molar-refractivity contribution in [2.24, 2.45) is 0 Å². The second-order valence-corrected chi connectivity index (χ2v) is 4.15. The summed E-state index contributed by atoms with van der Waals surface area (Å²) in [5, 5.41) is 17.7. The second-order valence-electron chi connectivity index (χ2n) is 4.15. The van der Waals surface area contributed by atoms with Gasteiger partial charge in [-0.3, -0.25) is 0 Å². The number of ether oxygens (including phenoxy) is 1. The Hall–Kier alpha value is -2.82. The van der Waals surface area contributed by atoms with Crippen LogP contribution in [0, 0.1) is 6.92 Å². The molecule has 5 nitrogen and oxygen atoms in total. The van der Waals surface area contributed by atoms with Crippen molar-refractivity contribution < 1.29 is 19.7 Å². The molecule has 0 aliphatic heterocycles. The Kier molecular flexibility index (Phi) is 4.00. The van der Waals surface area contributed by atoms with E-state index in [9.17, 15) is 4.79 Å². The summed E-state index contributed by atoms with van der Waals surface area (Å²) in [5.74, 6) is 0.0786. The molecule has 0 spiro atoms. The van der Waals surface area contributed by atoms with E-state index in [0.29, 0.717) is 11.6 Å². The fourth-order valence-electron chi connectivity index (χ4n) is 1.60. The van der Waals surface area contributed by atoms with E-state index in [2.05, 4.69) is 4.98 Å². The summed E-state index contributed by atoms with van der Waals surface area (Å²) < 4.78 is 5.58. The van der Waals surface area contributed by atoms with Gasteiger partial charge < -0.3 is 14.9 Å². The monoisotopic (exact) mass is 271 g/mol. The Morgan fingerprint density at radius 2 is 2.10 bits per heavy atom. The molecule has 1 aromatic heterocycles. The zero-order chi connectivity index (χ0) is 14.5. The van der Waals surface area contributed by atoms with Crippen molar-refractivity contribution in [2.45, 2.75) is 6.92 Å². The third-order valence-electron chi connectivity index (χ3n) is 2.55. The highest BCUT2D eigenvalue weighted by atomic mass is 16.5. The molecule has 0 atom stereocenters. The molecule has 0 bridgehead atoms. The van der Waals surface area contributed by atoms with Gasteiger partial charge in [0.25, 0.3) is 0 Å². The maximum absolute atomic E-state index is 10.5. The van der Waals surface area contributed by atoms with Crippen LogP contribution in [0.25, 0.3) is 6.08 Å². The van der Waals surface area contributed by atoms with Gasteiger partial charge in [0.1, 0.15) is 11.5 Å². The molecule has 1 aromatic carbocycles. The minimum atomic E-state index is -0.990. The molecule has 0 fully saturated rings. The third kappa shape index (κ3) is 3.58. The standard InChI is InChI=1S/C15H13NO4/c1-10-8-11(3-7-15(18)19)2-5-13(10)20-14-6-4-12(17)9-16-14/h2-9,17H,1H3,(H,18,19)/b7-3+. The number of carboxylic acids is 1. The number of benzene rings is 1. The van der Waals surface area contributed by atoms with Crippen LogP contribution in [-0.4, -0.2) is 21.2 Å². The van der Waals surface area contributed by atoms with Crippen LogP contribution in [0.2, 0.25) is 0 Å². The highest BCUT2D eigenvalue weighted by Gasteiger charge is 2.03. The highest BCUT2D eigenvalue weighted by Crippen LogP contribution is 2.25. The largest absolute Gasteiger partial charge is 0.506 e. The summed E-state index contributed by atoms with van der Waals surface area (Å²) in [6.45, 7) is 1.86. The SMILES string of the molecule is Cc1cc(/C=C/C(=O)O)ccc1Oc1ccc(O)cn1. The Bertz CT molecular complexity index is 647. The second kappa shape index (κ2) is 5.88. The summed E-state index contributed by atoms with van der Waals surface area (Å²) in [4.78, 5) is 14.4. The third-order valence-corrected chi connectivity index (χ3v) is 2.55. The summed E-state index contributed by atoms with van der Waals surface area (Å²) in [6, 6.07) is 8.36. The minimum absolute atomic E-state index is 0.0724. The van der Waals surface area contributed by atoms with Crippen LogP contribution in [0.1, 0.15) is 11.1 Å². The lowest BCUT2D eigenvalue weighted by Gasteiger charge is -2.08. The fourth-order valence-corrected chi connectivity index (χ4v) is 1.60. The van der Waals surface area contributed by atoms with Crippen molar-refractivity contribution in [1.82, 2.24) is 4.98 Å². The van der Waals surface area contributed by atoms with E-state index < -0.39 is 5.97 Å². The van der Waals surface area contributed by atoms with Crippen LogP contribution in [0.5, 0.6) is 17.4 Å². The first-order valence-corrected chi connectivity index (χ1v) is 5.89. The van der Waals surface area contributed by atoms with Crippen molar-refractivity contribution in [1.29, 1.82) is 0 Å². The number of rotatable bonds is 4. The van der Waals surface area contributed by atoms with Crippen LogP contribution < -0.4 is 4.74 Å². The maximum Gasteiger partial charge on any atom is 0.328 e. The number of aliphatic carboxylic acids is 1.